The number of rotatable bonds is 4. The molecule has 31 heavy (non-hydrogen) atoms. The lowest BCUT2D eigenvalue weighted by Crippen LogP contribution is -2.42. The number of hydrogen-bond donors (Lipinski definition) is 3. The third-order valence-corrected chi connectivity index (χ3v) is 5.01. The average molecular weight is 450 g/mol. The monoisotopic (exact) mass is 450 g/mol. The fraction of sp³-hybridized carbons (Fsp3) is 0.158. The molecule has 2 atom stereocenters. The number of nitriles is 1. The van der Waals surface area contributed by atoms with Crippen molar-refractivity contribution in [1.29, 1.82) is 5.26 Å². The third kappa shape index (κ3) is 4.29. The Kier molecular flexibility index (Phi) is 5.86. The molecule has 0 saturated heterocycles. The summed E-state index contributed by atoms with van der Waals surface area (Å²) in [4.78, 5) is 28.1. The summed E-state index contributed by atoms with van der Waals surface area (Å²) in [5.74, 6) is -0.652. The molecule has 0 fully saturated rings. The van der Waals surface area contributed by atoms with Crippen LogP contribution in [-0.2, 0) is 10.4 Å². The van der Waals surface area contributed by atoms with Crippen LogP contribution >= 0.6 is 9.24 Å². The quantitative estimate of drug-likeness (QED) is 0.615. The Hall–Kier alpha value is -3.64. The van der Waals surface area contributed by atoms with Gasteiger partial charge in [0, 0.05) is 29.4 Å². The molecule has 2 unspecified atom stereocenters. The molecule has 3 N–H and O–H groups in total. The maximum Gasteiger partial charge on any atom is 0.435 e. The van der Waals surface area contributed by atoms with Gasteiger partial charge in [0.15, 0.2) is 0 Å². The van der Waals surface area contributed by atoms with E-state index < -0.39 is 30.2 Å². The molecule has 2 amide bonds. The highest BCUT2D eigenvalue weighted by atomic mass is 31.0. The van der Waals surface area contributed by atoms with Crippen molar-refractivity contribution in [3.8, 4) is 6.07 Å². The summed E-state index contributed by atoms with van der Waals surface area (Å²) < 4.78 is 40.8. The van der Waals surface area contributed by atoms with Crippen molar-refractivity contribution in [2.75, 3.05) is 10.6 Å². The van der Waals surface area contributed by atoms with Gasteiger partial charge in [0.2, 0.25) is 0 Å². The van der Waals surface area contributed by atoms with Crippen molar-refractivity contribution in [3.63, 3.8) is 0 Å². The van der Waals surface area contributed by atoms with E-state index in [0.29, 0.717) is 0 Å². The van der Waals surface area contributed by atoms with Crippen LogP contribution in [0.25, 0.3) is 0 Å². The molecule has 0 aromatic heterocycles. The second kappa shape index (κ2) is 8.24. The van der Waals surface area contributed by atoms with Gasteiger partial charge in [0.1, 0.15) is 6.07 Å². The van der Waals surface area contributed by atoms with Gasteiger partial charge < -0.3 is 15.3 Å². The van der Waals surface area contributed by atoms with Gasteiger partial charge in [0.05, 0.1) is 11.3 Å². The minimum atomic E-state index is -4.71. The number of halogens is 3. The number of nitrogens with one attached hydrogen (secondary N) is 2. The maximum atomic E-state index is 13.6. The predicted molar refractivity (Wildman–Crippen MR) is 108 cm³/mol. The minimum Gasteiger partial charge on any atom is -0.465 e. The lowest BCUT2D eigenvalue weighted by Gasteiger charge is -2.29. The van der Waals surface area contributed by atoms with Crippen LogP contribution < -0.4 is 15.9 Å². The Balaban J connectivity index is 1.86. The summed E-state index contributed by atoms with van der Waals surface area (Å²) in [6.07, 6.45) is -5.55. The van der Waals surface area contributed by atoms with Crippen molar-refractivity contribution in [1.82, 2.24) is 0 Å². The van der Waals surface area contributed by atoms with Gasteiger partial charge in [-0.15, -0.1) is 9.24 Å². The molecule has 0 saturated carbocycles. The minimum absolute atomic E-state index is 0.0197. The predicted octanol–water partition coefficient (Wildman–Crippen LogP) is 3.56. The number of benzene rings is 2. The first kappa shape index (κ1) is 22.1. The van der Waals surface area contributed by atoms with Gasteiger partial charge in [-0.1, -0.05) is 11.2 Å². The number of carbonyl (C=O) groups excluding carboxylic acids is 1. The Bertz CT molecular complexity index is 1120. The first-order valence-electron chi connectivity index (χ1n) is 8.59. The molecule has 12 heteroatoms. The standard InChI is InChI=1S/C19H14F3N4O4P/c20-19(21,22)18(5-6-24-30-18)12-3-4-13(15(31)8-12)25-16(27)10-1-2-11(9-23)14(7-10)26-17(28)29/h1-4,6-8,26H,5,31H2,(H,25,27)(H,28,29). The molecule has 160 valence electrons. The summed E-state index contributed by atoms with van der Waals surface area (Å²) in [7, 11) is 2.24. The zero-order chi connectivity index (χ0) is 22.8. The van der Waals surface area contributed by atoms with Crippen LogP contribution in [0.3, 0.4) is 0 Å². The molecule has 1 aliphatic rings. The summed E-state index contributed by atoms with van der Waals surface area (Å²) in [6.45, 7) is 0. The molecule has 1 aliphatic heterocycles. The highest BCUT2D eigenvalue weighted by Crippen LogP contribution is 2.46. The first-order valence-corrected chi connectivity index (χ1v) is 9.17. The molecule has 0 bridgehead atoms. The lowest BCUT2D eigenvalue weighted by molar-refractivity contribution is -0.275. The average Bonchev–Trinajstić information content (AvgIpc) is 3.20. The van der Waals surface area contributed by atoms with E-state index in [2.05, 4.69) is 24.5 Å². The van der Waals surface area contributed by atoms with Crippen LogP contribution in [0.1, 0.15) is 27.9 Å². The largest absolute Gasteiger partial charge is 0.465 e. The summed E-state index contributed by atoms with van der Waals surface area (Å²) in [5, 5.41) is 26.0. The molecule has 0 aliphatic carbocycles. The second-order valence-electron chi connectivity index (χ2n) is 6.47. The lowest BCUT2D eigenvalue weighted by atomic mass is 9.90. The molecule has 1 heterocycles. The number of carbonyl (C=O) groups is 2. The fourth-order valence-electron chi connectivity index (χ4n) is 2.96. The Morgan fingerprint density at radius 2 is 1.94 bits per heavy atom. The fourth-order valence-corrected chi connectivity index (χ4v) is 3.30. The van der Waals surface area contributed by atoms with E-state index in [0.717, 1.165) is 6.21 Å². The van der Waals surface area contributed by atoms with Crippen molar-refractivity contribution >= 4 is 44.1 Å². The van der Waals surface area contributed by atoms with Crippen molar-refractivity contribution in [3.05, 3.63) is 53.1 Å². The number of oxime groups is 1. The molecule has 2 aromatic rings. The summed E-state index contributed by atoms with van der Waals surface area (Å²) in [6, 6.07) is 9.27. The summed E-state index contributed by atoms with van der Waals surface area (Å²) >= 11 is 0. The van der Waals surface area contributed by atoms with Crippen LogP contribution in [0.4, 0.5) is 29.3 Å². The van der Waals surface area contributed by atoms with Crippen LogP contribution in [0, 0.1) is 11.3 Å². The van der Waals surface area contributed by atoms with Crippen molar-refractivity contribution < 1.29 is 32.7 Å². The Morgan fingerprint density at radius 3 is 2.48 bits per heavy atom. The number of anilines is 2. The van der Waals surface area contributed by atoms with E-state index in [1.54, 1.807) is 6.07 Å². The number of hydrogen-bond acceptors (Lipinski definition) is 5. The van der Waals surface area contributed by atoms with Crippen LogP contribution in [0.15, 0.2) is 41.6 Å². The SMILES string of the molecule is N#Cc1ccc(C(=O)Nc2ccc(C3(C(F)(F)F)CC=NO3)cc2P)cc1NC(=O)O. The van der Waals surface area contributed by atoms with E-state index in [-0.39, 0.29) is 33.4 Å². The molecular formula is C19H14F3N4O4P. The molecule has 0 spiro atoms. The molecule has 2 aromatic carbocycles. The topological polar surface area (TPSA) is 124 Å². The first-order chi connectivity index (χ1) is 14.6. The van der Waals surface area contributed by atoms with Gasteiger partial charge in [-0.2, -0.15) is 18.4 Å². The van der Waals surface area contributed by atoms with E-state index in [9.17, 15) is 22.8 Å². The van der Waals surface area contributed by atoms with E-state index in [1.165, 1.54) is 36.4 Å². The van der Waals surface area contributed by atoms with Crippen molar-refractivity contribution in [2.24, 2.45) is 5.16 Å². The number of amides is 2. The molecule has 0 radical (unpaired) electrons. The number of carboxylic acid groups (broad SMARTS) is 1. The van der Waals surface area contributed by atoms with Crippen LogP contribution in [0.2, 0.25) is 0 Å². The molecule has 3 rings (SSSR count). The van der Waals surface area contributed by atoms with Gasteiger partial charge in [0.25, 0.3) is 11.5 Å². The van der Waals surface area contributed by atoms with Gasteiger partial charge >= 0.3 is 12.3 Å². The highest BCUT2D eigenvalue weighted by Gasteiger charge is 2.60. The Labute approximate surface area is 175 Å². The normalized spacial score (nSPS) is 17.5. The zero-order valence-electron chi connectivity index (χ0n) is 15.5. The van der Waals surface area contributed by atoms with E-state index in [1.807, 2.05) is 5.32 Å². The highest BCUT2D eigenvalue weighted by molar-refractivity contribution is 7.28. The van der Waals surface area contributed by atoms with Gasteiger partial charge in [-0.05, 0) is 35.6 Å². The third-order valence-electron chi connectivity index (χ3n) is 4.53. The number of nitrogens with zero attached hydrogens (tertiary/aromatic N) is 2. The van der Waals surface area contributed by atoms with Crippen LogP contribution in [-0.4, -0.2) is 29.5 Å². The van der Waals surface area contributed by atoms with Gasteiger partial charge in [-0.25, -0.2) is 4.79 Å². The second-order valence-corrected chi connectivity index (χ2v) is 7.09. The summed E-state index contributed by atoms with van der Waals surface area (Å²) in [5.41, 5.74) is -2.57. The maximum absolute atomic E-state index is 13.6. The van der Waals surface area contributed by atoms with Crippen LogP contribution in [0.5, 0.6) is 0 Å². The Morgan fingerprint density at radius 1 is 1.19 bits per heavy atom. The van der Waals surface area contributed by atoms with E-state index >= 15 is 0 Å². The number of alkyl halides is 3. The molecule has 8 nitrogen and oxygen atoms in total. The van der Waals surface area contributed by atoms with E-state index in [4.69, 9.17) is 10.4 Å². The zero-order valence-corrected chi connectivity index (χ0v) is 16.7. The van der Waals surface area contributed by atoms with Gasteiger partial charge in [-0.3, -0.25) is 10.1 Å². The van der Waals surface area contributed by atoms with Crippen molar-refractivity contribution in [2.45, 2.75) is 18.2 Å². The molecular weight excluding hydrogens is 436 g/mol. The smallest absolute Gasteiger partial charge is 0.435 e.